The van der Waals surface area contributed by atoms with Crippen LogP contribution in [0.25, 0.3) is 11.0 Å². The molecule has 0 saturated carbocycles. The van der Waals surface area contributed by atoms with Crippen LogP contribution < -0.4 is 21.3 Å². The zero-order chi connectivity index (χ0) is 18.3. The Morgan fingerprint density at radius 2 is 2.19 bits per heavy atom. The quantitative estimate of drug-likeness (QED) is 0.474. The number of aromatic amines is 1. The third-order valence-corrected chi connectivity index (χ3v) is 4.43. The highest BCUT2D eigenvalue weighted by Crippen LogP contribution is 2.24. The van der Waals surface area contributed by atoms with Gasteiger partial charge < -0.3 is 21.3 Å². The van der Waals surface area contributed by atoms with E-state index in [4.69, 9.17) is 5.73 Å². The molecule has 1 atom stereocenters. The Kier molecular flexibility index (Phi) is 3.75. The highest BCUT2D eigenvalue weighted by Gasteiger charge is 2.31. The van der Waals surface area contributed by atoms with Crippen molar-refractivity contribution in [2.45, 2.75) is 18.9 Å². The van der Waals surface area contributed by atoms with Crippen LogP contribution in [-0.4, -0.2) is 56.9 Å². The number of amides is 2. The maximum absolute atomic E-state index is 12.4. The molecule has 0 aromatic carbocycles. The van der Waals surface area contributed by atoms with Gasteiger partial charge in [0.15, 0.2) is 11.4 Å². The van der Waals surface area contributed by atoms with E-state index < -0.39 is 17.6 Å². The monoisotopic (exact) mass is 356 g/mol. The number of carbonyl (C=O) groups excluding carboxylic acids is 3. The van der Waals surface area contributed by atoms with Gasteiger partial charge in [-0.2, -0.15) is 5.10 Å². The Bertz CT molecular complexity index is 949. The number of ketones is 1. The molecule has 2 aromatic heterocycles. The molecule has 0 aliphatic carbocycles. The summed E-state index contributed by atoms with van der Waals surface area (Å²) >= 11 is 0. The summed E-state index contributed by atoms with van der Waals surface area (Å²) < 4.78 is 0. The molecule has 0 bridgehead atoms. The smallest absolute Gasteiger partial charge is 0.270 e. The van der Waals surface area contributed by atoms with Crippen molar-refractivity contribution in [2.24, 2.45) is 5.73 Å². The minimum atomic E-state index is -0.563. The summed E-state index contributed by atoms with van der Waals surface area (Å²) in [5.41, 5.74) is 5.90. The second kappa shape index (κ2) is 6.10. The van der Waals surface area contributed by atoms with Crippen LogP contribution in [0.5, 0.6) is 0 Å². The number of anilines is 1. The molecule has 11 heteroatoms. The molecule has 0 spiro atoms. The van der Waals surface area contributed by atoms with Gasteiger partial charge in [-0.1, -0.05) is 0 Å². The van der Waals surface area contributed by atoms with E-state index in [1.54, 1.807) is 6.20 Å². The van der Waals surface area contributed by atoms with Gasteiger partial charge >= 0.3 is 0 Å². The lowest BCUT2D eigenvalue weighted by Crippen LogP contribution is -2.46. The molecule has 2 aliphatic rings. The summed E-state index contributed by atoms with van der Waals surface area (Å²) in [5, 5.41) is 12.7. The maximum atomic E-state index is 12.4. The van der Waals surface area contributed by atoms with Crippen LogP contribution in [0.2, 0.25) is 0 Å². The normalized spacial score (nSPS) is 20.6. The fraction of sp³-hybridized carbons (Fsp3) is 0.333. The van der Waals surface area contributed by atoms with Gasteiger partial charge in [-0.3, -0.25) is 19.5 Å². The first-order valence-corrected chi connectivity index (χ1v) is 8.05. The highest BCUT2D eigenvalue weighted by atomic mass is 16.2. The molecule has 4 rings (SSSR count). The van der Waals surface area contributed by atoms with Gasteiger partial charge in [0.05, 0.1) is 18.0 Å². The van der Waals surface area contributed by atoms with Gasteiger partial charge in [-0.25, -0.2) is 9.97 Å². The van der Waals surface area contributed by atoms with Gasteiger partial charge in [0.1, 0.15) is 23.5 Å². The summed E-state index contributed by atoms with van der Waals surface area (Å²) in [6.07, 6.45) is 3.46. The first-order chi connectivity index (χ1) is 12.5. The van der Waals surface area contributed by atoms with Crippen molar-refractivity contribution in [2.75, 3.05) is 18.0 Å². The van der Waals surface area contributed by atoms with Crippen molar-refractivity contribution in [3.8, 4) is 0 Å². The molecule has 11 nitrogen and oxygen atoms in total. The third kappa shape index (κ3) is 2.72. The van der Waals surface area contributed by atoms with E-state index in [1.165, 1.54) is 6.33 Å². The number of nitrogens with one attached hydrogen (secondary N) is 3. The number of carbonyl (C=O) groups is 3. The van der Waals surface area contributed by atoms with Gasteiger partial charge in [0, 0.05) is 19.1 Å². The van der Waals surface area contributed by atoms with E-state index in [0.717, 1.165) is 11.2 Å². The van der Waals surface area contributed by atoms with Crippen LogP contribution in [-0.2, 0) is 14.4 Å². The lowest BCUT2D eigenvalue weighted by molar-refractivity contribution is -0.129. The molecule has 2 aromatic rings. The van der Waals surface area contributed by atoms with E-state index in [2.05, 4.69) is 30.8 Å². The second-order valence-corrected chi connectivity index (χ2v) is 6.17. The fourth-order valence-corrected chi connectivity index (χ4v) is 3.14. The Morgan fingerprint density at radius 1 is 1.35 bits per heavy atom. The van der Waals surface area contributed by atoms with Crippen molar-refractivity contribution in [3.05, 3.63) is 23.9 Å². The lowest BCUT2D eigenvalue weighted by atomic mass is 10.1. The molecular weight excluding hydrogens is 340 g/mol. The Hall–Kier alpha value is -3.50. The summed E-state index contributed by atoms with van der Waals surface area (Å²) in [6, 6.07) is -0.173. The predicted molar refractivity (Wildman–Crippen MR) is 89.4 cm³/mol. The van der Waals surface area contributed by atoms with Crippen molar-refractivity contribution in [1.82, 2.24) is 30.8 Å². The van der Waals surface area contributed by atoms with Crippen molar-refractivity contribution < 1.29 is 14.4 Å². The molecule has 1 fully saturated rings. The standard InChI is InChI=1S/C15H16N8O3/c16-11-9(24)3-10(25)21-12(11)15(26)20-7-1-2-23(5-7)14-8-4-19-22-13(8)17-6-18-14/h4,6-7H,1-3,5,16H2,(H,20,26)(H,21,25)(H,17,18,19,22). The maximum Gasteiger partial charge on any atom is 0.270 e. The van der Waals surface area contributed by atoms with Gasteiger partial charge in [0.25, 0.3) is 5.91 Å². The summed E-state index contributed by atoms with van der Waals surface area (Å²) in [7, 11) is 0. The average molecular weight is 356 g/mol. The molecule has 4 heterocycles. The zero-order valence-corrected chi connectivity index (χ0v) is 13.7. The lowest BCUT2D eigenvalue weighted by Gasteiger charge is -2.20. The number of hydrogen-bond acceptors (Lipinski definition) is 8. The third-order valence-electron chi connectivity index (χ3n) is 4.43. The predicted octanol–water partition coefficient (Wildman–Crippen LogP) is -1.69. The van der Waals surface area contributed by atoms with Crippen LogP contribution in [0.4, 0.5) is 5.82 Å². The van der Waals surface area contributed by atoms with Crippen molar-refractivity contribution in [1.29, 1.82) is 0 Å². The highest BCUT2D eigenvalue weighted by molar-refractivity contribution is 6.16. The van der Waals surface area contributed by atoms with Gasteiger partial charge in [-0.15, -0.1) is 0 Å². The molecule has 1 unspecified atom stereocenters. The summed E-state index contributed by atoms with van der Waals surface area (Å²) in [6.45, 7) is 1.21. The number of nitrogens with two attached hydrogens (primary N) is 1. The van der Waals surface area contributed by atoms with E-state index in [9.17, 15) is 14.4 Å². The fourth-order valence-electron chi connectivity index (χ4n) is 3.14. The average Bonchev–Trinajstić information content (AvgIpc) is 3.26. The molecule has 5 N–H and O–H groups in total. The number of Topliss-reactive ketones (excluding diaryl/α,β-unsaturated/α-hetero) is 1. The van der Waals surface area contributed by atoms with Crippen molar-refractivity contribution >= 4 is 34.4 Å². The Labute approximate surface area is 147 Å². The minimum absolute atomic E-state index is 0.173. The topological polar surface area (TPSA) is 159 Å². The molecule has 1 saturated heterocycles. The van der Waals surface area contributed by atoms with Crippen LogP contribution in [0, 0.1) is 0 Å². The van der Waals surface area contributed by atoms with Crippen LogP contribution in [0.3, 0.4) is 0 Å². The molecule has 134 valence electrons. The largest absolute Gasteiger partial charge is 0.394 e. The number of nitrogens with zero attached hydrogens (tertiary/aromatic N) is 4. The summed E-state index contributed by atoms with van der Waals surface area (Å²) in [5.74, 6) is -0.909. The number of rotatable bonds is 3. The van der Waals surface area contributed by atoms with Crippen LogP contribution in [0.1, 0.15) is 12.8 Å². The number of allylic oxidation sites excluding steroid dienone is 1. The molecule has 0 radical (unpaired) electrons. The van der Waals surface area contributed by atoms with Gasteiger partial charge in [0.2, 0.25) is 5.91 Å². The van der Waals surface area contributed by atoms with E-state index in [1.807, 2.05) is 4.90 Å². The Morgan fingerprint density at radius 3 is 3.04 bits per heavy atom. The molecule has 2 aliphatic heterocycles. The molecular formula is C15H16N8O3. The Balaban J connectivity index is 1.47. The van der Waals surface area contributed by atoms with E-state index in [0.29, 0.717) is 25.2 Å². The van der Waals surface area contributed by atoms with Crippen LogP contribution >= 0.6 is 0 Å². The molecule has 26 heavy (non-hydrogen) atoms. The molecule has 2 amide bonds. The number of fused-ring (bicyclic) bond motifs is 1. The number of hydrogen-bond donors (Lipinski definition) is 4. The second-order valence-electron chi connectivity index (χ2n) is 6.17. The number of H-pyrrole nitrogens is 1. The first kappa shape index (κ1) is 16.0. The van der Waals surface area contributed by atoms with Crippen molar-refractivity contribution in [3.63, 3.8) is 0 Å². The first-order valence-electron chi connectivity index (χ1n) is 8.05. The van der Waals surface area contributed by atoms with E-state index >= 15 is 0 Å². The minimum Gasteiger partial charge on any atom is -0.394 e. The summed E-state index contributed by atoms with van der Waals surface area (Å²) in [4.78, 5) is 45.9. The van der Waals surface area contributed by atoms with Crippen LogP contribution in [0.15, 0.2) is 23.9 Å². The van der Waals surface area contributed by atoms with Gasteiger partial charge in [-0.05, 0) is 6.42 Å². The number of aromatic nitrogens is 4. The SMILES string of the molecule is NC1=C(C(=O)NC2CCN(c3ncnc4[nH]ncc34)C2)NC(=O)CC1=O. The van der Waals surface area contributed by atoms with E-state index in [-0.39, 0.29) is 23.9 Å². The zero-order valence-electron chi connectivity index (χ0n) is 13.7.